The van der Waals surface area contributed by atoms with Gasteiger partial charge in [-0.25, -0.2) is 0 Å². The first-order valence-electron chi connectivity index (χ1n) is 11.2. The van der Waals surface area contributed by atoms with Gasteiger partial charge in [0.2, 0.25) is 5.91 Å². The molecule has 2 saturated carbocycles. The highest BCUT2D eigenvalue weighted by molar-refractivity contribution is 6.31. The Kier molecular flexibility index (Phi) is 6.47. The predicted octanol–water partition coefficient (Wildman–Crippen LogP) is 4.71. The van der Waals surface area contributed by atoms with Crippen molar-refractivity contribution in [3.63, 3.8) is 0 Å². The summed E-state index contributed by atoms with van der Waals surface area (Å²) in [4.78, 5) is 17.8. The first kappa shape index (κ1) is 20.0. The van der Waals surface area contributed by atoms with Gasteiger partial charge in [0.1, 0.15) is 0 Å². The smallest absolute Gasteiger partial charge is 0.225 e. The van der Waals surface area contributed by atoms with Crippen LogP contribution < -0.4 is 5.32 Å². The number of hydrogen-bond acceptors (Lipinski definition) is 3. The number of anilines is 1. The van der Waals surface area contributed by atoms with Crippen LogP contribution in [0.15, 0.2) is 18.2 Å². The summed E-state index contributed by atoms with van der Waals surface area (Å²) in [5.41, 5.74) is 2.20. The number of benzene rings is 1. The Bertz CT molecular complexity index is 672. The van der Waals surface area contributed by atoms with Gasteiger partial charge < -0.3 is 10.2 Å². The van der Waals surface area contributed by atoms with Crippen LogP contribution in [0.1, 0.15) is 56.9 Å². The molecule has 0 atom stereocenters. The van der Waals surface area contributed by atoms with E-state index in [9.17, 15) is 4.79 Å². The lowest BCUT2D eigenvalue weighted by atomic mass is 9.85. The highest BCUT2D eigenvalue weighted by Gasteiger charge is 2.32. The third-order valence-electron chi connectivity index (χ3n) is 7.09. The molecule has 1 aromatic rings. The number of rotatable bonds is 4. The molecule has 1 aliphatic heterocycles. The fourth-order valence-electron chi connectivity index (χ4n) is 5.24. The minimum atomic E-state index is 0.220. The number of carbonyl (C=O) groups is 1. The maximum atomic E-state index is 13.0. The standard InChI is InChI=1S/C23H34ClN3O/c1-17-6-9-20(16-22(17)24)25-19-10-7-18(8-11-19)23(28)27-14-12-26(13-15-27)21-4-2-3-5-21/h6,9,16,18-19,21,25H,2-5,7-8,10-15H2,1H3. The molecule has 0 aromatic heterocycles. The first-order valence-corrected chi connectivity index (χ1v) is 11.5. The van der Waals surface area contributed by atoms with E-state index in [1.54, 1.807) is 0 Å². The third-order valence-corrected chi connectivity index (χ3v) is 7.49. The molecule has 154 valence electrons. The zero-order valence-corrected chi connectivity index (χ0v) is 17.9. The molecule has 3 aliphatic rings. The van der Waals surface area contributed by atoms with Crippen LogP contribution in [0.4, 0.5) is 5.69 Å². The van der Waals surface area contributed by atoms with Crippen molar-refractivity contribution in [2.75, 3.05) is 31.5 Å². The molecule has 2 aliphatic carbocycles. The van der Waals surface area contributed by atoms with Gasteiger partial charge in [0, 0.05) is 54.9 Å². The van der Waals surface area contributed by atoms with Gasteiger partial charge in [0.15, 0.2) is 0 Å². The molecule has 3 fully saturated rings. The van der Waals surface area contributed by atoms with Crippen LogP contribution >= 0.6 is 11.6 Å². The monoisotopic (exact) mass is 403 g/mol. The van der Waals surface area contributed by atoms with Gasteiger partial charge in [-0.15, -0.1) is 0 Å². The Labute approximate surface area is 174 Å². The molecule has 1 heterocycles. The summed E-state index contributed by atoms with van der Waals surface area (Å²) in [6, 6.07) is 7.40. The van der Waals surface area contributed by atoms with Crippen molar-refractivity contribution in [1.29, 1.82) is 0 Å². The Hall–Kier alpha value is -1.26. The molecule has 4 rings (SSSR count). The molecule has 0 radical (unpaired) electrons. The van der Waals surface area contributed by atoms with Gasteiger partial charge >= 0.3 is 0 Å². The van der Waals surface area contributed by atoms with E-state index in [1.165, 1.54) is 25.7 Å². The Balaban J connectivity index is 1.22. The summed E-state index contributed by atoms with van der Waals surface area (Å²) in [7, 11) is 0. The average Bonchev–Trinajstić information content (AvgIpc) is 3.26. The third kappa shape index (κ3) is 4.65. The number of amides is 1. The van der Waals surface area contributed by atoms with Crippen molar-refractivity contribution in [2.45, 2.75) is 70.4 Å². The van der Waals surface area contributed by atoms with E-state index in [1.807, 2.05) is 13.0 Å². The molecule has 0 unspecified atom stereocenters. The van der Waals surface area contributed by atoms with Crippen LogP contribution in [-0.4, -0.2) is 54.0 Å². The summed E-state index contributed by atoms with van der Waals surface area (Å²) in [5.74, 6) is 0.626. The molecule has 1 amide bonds. The van der Waals surface area contributed by atoms with Crippen molar-refractivity contribution in [1.82, 2.24) is 9.80 Å². The minimum absolute atomic E-state index is 0.220. The molecular formula is C23H34ClN3O. The number of hydrogen-bond donors (Lipinski definition) is 1. The lowest BCUT2D eigenvalue weighted by molar-refractivity contribution is -0.138. The molecule has 28 heavy (non-hydrogen) atoms. The summed E-state index contributed by atoms with van der Waals surface area (Å²) in [5, 5.41) is 4.42. The van der Waals surface area contributed by atoms with Crippen LogP contribution in [0.3, 0.4) is 0 Å². The van der Waals surface area contributed by atoms with E-state index < -0.39 is 0 Å². The lowest BCUT2D eigenvalue weighted by Gasteiger charge is -2.40. The molecule has 4 nitrogen and oxygen atoms in total. The van der Waals surface area contributed by atoms with Gasteiger partial charge in [-0.2, -0.15) is 0 Å². The maximum Gasteiger partial charge on any atom is 0.225 e. The van der Waals surface area contributed by atoms with E-state index >= 15 is 0 Å². The van der Waals surface area contributed by atoms with Crippen molar-refractivity contribution >= 4 is 23.2 Å². The van der Waals surface area contributed by atoms with Crippen molar-refractivity contribution in [2.24, 2.45) is 5.92 Å². The maximum absolute atomic E-state index is 13.0. The lowest BCUT2D eigenvalue weighted by Crippen LogP contribution is -2.53. The summed E-state index contributed by atoms with van der Waals surface area (Å²) in [6.07, 6.45) is 9.60. The van der Waals surface area contributed by atoms with Gasteiger partial charge in [-0.3, -0.25) is 9.69 Å². The second kappa shape index (κ2) is 9.04. The Morgan fingerprint density at radius 3 is 2.32 bits per heavy atom. The Morgan fingerprint density at radius 2 is 1.68 bits per heavy atom. The van der Waals surface area contributed by atoms with Gasteiger partial charge in [-0.05, 0) is 63.1 Å². The first-order chi connectivity index (χ1) is 13.6. The second-order valence-electron chi connectivity index (χ2n) is 8.96. The molecule has 1 aromatic carbocycles. The SMILES string of the molecule is Cc1ccc(NC2CCC(C(=O)N3CCN(C4CCCC4)CC3)CC2)cc1Cl. The zero-order chi connectivity index (χ0) is 19.5. The zero-order valence-electron chi connectivity index (χ0n) is 17.1. The normalized spacial score (nSPS) is 27.1. The fourth-order valence-corrected chi connectivity index (χ4v) is 5.42. The van der Waals surface area contributed by atoms with Crippen LogP contribution in [0.2, 0.25) is 5.02 Å². The van der Waals surface area contributed by atoms with Gasteiger partial charge in [-0.1, -0.05) is 30.5 Å². The largest absolute Gasteiger partial charge is 0.382 e. The summed E-state index contributed by atoms with van der Waals surface area (Å²) < 4.78 is 0. The number of aryl methyl sites for hydroxylation is 1. The Morgan fingerprint density at radius 1 is 1.00 bits per heavy atom. The van der Waals surface area contributed by atoms with E-state index in [0.29, 0.717) is 11.9 Å². The summed E-state index contributed by atoms with van der Waals surface area (Å²) in [6.45, 7) is 6.02. The molecular weight excluding hydrogens is 370 g/mol. The van der Waals surface area contributed by atoms with E-state index in [2.05, 4.69) is 27.2 Å². The fraction of sp³-hybridized carbons (Fsp3) is 0.696. The second-order valence-corrected chi connectivity index (χ2v) is 9.36. The average molecular weight is 404 g/mol. The highest BCUT2D eigenvalue weighted by atomic mass is 35.5. The van der Waals surface area contributed by atoms with Crippen LogP contribution in [0.25, 0.3) is 0 Å². The molecule has 0 spiro atoms. The number of piperazine rings is 1. The molecule has 1 N–H and O–H groups in total. The van der Waals surface area contributed by atoms with Crippen molar-refractivity contribution in [3.05, 3.63) is 28.8 Å². The van der Waals surface area contributed by atoms with Crippen LogP contribution in [0, 0.1) is 12.8 Å². The van der Waals surface area contributed by atoms with Crippen LogP contribution in [-0.2, 0) is 4.79 Å². The quantitative estimate of drug-likeness (QED) is 0.790. The van der Waals surface area contributed by atoms with E-state index in [0.717, 1.165) is 74.2 Å². The van der Waals surface area contributed by atoms with Crippen molar-refractivity contribution < 1.29 is 4.79 Å². The van der Waals surface area contributed by atoms with Gasteiger partial charge in [0.25, 0.3) is 0 Å². The highest BCUT2D eigenvalue weighted by Crippen LogP contribution is 2.30. The number of carbonyl (C=O) groups excluding carboxylic acids is 1. The molecule has 1 saturated heterocycles. The summed E-state index contributed by atoms with van der Waals surface area (Å²) >= 11 is 6.24. The van der Waals surface area contributed by atoms with Gasteiger partial charge in [0.05, 0.1) is 0 Å². The number of nitrogens with zero attached hydrogens (tertiary/aromatic N) is 2. The topological polar surface area (TPSA) is 35.6 Å². The number of halogens is 1. The van der Waals surface area contributed by atoms with Crippen LogP contribution in [0.5, 0.6) is 0 Å². The number of nitrogens with one attached hydrogen (secondary N) is 1. The van der Waals surface area contributed by atoms with E-state index in [4.69, 9.17) is 11.6 Å². The van der Waals surface area contributed by atoms with E-state index in [-0.39, 0.29) is 5.92 Å². The van der Waals surface area contributed by atoms with Crippen molar-refractivity contribution in [3.8, 4) is 0 Å². The predicted molar refractivity (Wildman–Crippen MR) is 116 cm³/mol. The molecule has 5 heteroatoms. The minimum Gasteiger partial charge on any atom is -0.382 e. The molecule has 0 bridgehead atoms.